The van der Waals surface area contributed by atoms with Gasteiger partial charge < -0.3 is 15.8 Å². The largest absolute Gasteiger partial charge is 0.495 e. The highest BCUT2D eigenvalue weighted by Gasteiger charge is 2.30. The van der Waals surface area contributed by atoms with Crippen LogP contribution in [0.15, 0.2) is 47.4 Å². The predicted molar refractivity (Wildman–Crippen MR) is 118 cm³/mol. The van der Waals surface area contributed by atoms with E-state index in [2.05, 4.69) is 10.0 Å². The van der Waals surface area contributed by atoms with E-state index in [1.54, 1.807) is 18.2 Å². The molecule has 0 unspecified atom stereocenters. The van der Waals surface area contributed by atoms with Crippen molar-refractivity contribution in [3.05, 3.63) is 48.0 Å². The summed E-state index contributed by atoms with van der Waals surface area (Å²) in [5, 5.41) is 2.79. The Balaban J connectivity index is 1.82. The first-order chi connectivity index (χ1) is 14.5. The van der Waals surface area contributed by atoms with Crippen molar-refractivity contribution in [3.8, 4) is 5.75 Å². The van der Waals surface area contributed by atoms with Gasteiger partial charge in [0.1, 0.15) is 16.3 Å². The summed E-state index contributed by atoms with van der Waals surface area (Å²) in [4.78, 5) is 12.4. The molecule has 1 fully saturated rings. The third-order valence-electron chi connectivity index (χ3n) is 5.43. The summed E-state index contributed by atoms with van der Waals surface area (Å²) < 4.78 is 47.8. The van der Waals surface area contributed by atoms with Crippen LogP contribution in [0.3, 0.4) is 0 Å². The second kappa shape index (κ2) is 8.84. The average molecular weight is 450 g/mol. The Hall–Kier alpha value is -2.65. The fraction of sp³-hybridized carbons (Fsp3) is 0.409. The van der Waals surface area contributed by atoms with E-state index in [4.69, 9.17) is 10.5 Å². The van der Waals surface area contributed by atoms with Crippen molar-refractivity contribution >= 4 is 27.3 Å². The zero-order valence-corrected chi connectivity index (χ0v) is 18.6. The molecule has 0 bridgehead atoms. The van der Waals surface area contributed by atoms with Crippen LogP contribution in [0.4, 0.5) is 15.8 Å². The maximum atomic E-state index is 14.2. The third-order valence-corrected chi connectivity index (χ3v) is 6.85. The first-order valence-corrected chi connectivity index (χ1v) is 11.6. The standard InChI is InChI=1S/C22H28FN3O4S/c1-22(2,23)14-6-4-7-16(12-14)26-31(28,29)20-11-10-15(13-19(20)30-3)25-21(27)17-8-5-9-18(17)24/h4,6-7,10-13,17-18,26H,5,8-9,24H2,1-3H3,(H,25,27)/t17-,18+/m1/s1. The number of sulfonamides is 1. The second-order valence-electron chi connectivity index (χ2n) is 8.21. The van der Waals surface area contributed by atoms with Gasteiger partial charge in [0.2, 0.25) is 5.91 Å². The molecule has 9 heteroatoms. The van der Waals surface area contributed by atoms with Gasteiger partial charge in [-0.3, -0.25) is 9.52 Å². The molecule has 0 saturated heterocycles. The number of amides is 1. The molecule has 0 aromatic heterocycles. The maximum absolute atomic E-state index is 14.2. The van der Waals surface area contributed by atoms with Gasteiger partial charge in [-0.05, 0) is 56.5 Å². The fourth-order valence-electron chi connectivity index (χ4n) is 3.68. The molecule has 3 rings (SSSR count). The molecule has 168 valence electrons. The Labute approximate surface area is 182 Å². The number of carbonyl (C=O) groups excluding carboxylic acids is 1. The van der Waals surface area contributed by atoms with Crippen molar-refractivity contribution in [2.75, 3.05) is 17.1 Å². The van der Waals surface area contributed by atoms with Gasteiger partial charge >= 0.3 is 0 Å². The highest BCUT2D eigenvalue weighted by molar-refractivity contribution is 7.92. The molecule has 4 N–H and O–H groups in total. The molecule has 7 nitrogen and oxygen atoms in total. The van der Waals surface area contributed by atoms with E-state index in [-0.39, 0.29) is 34.2 Å². The second-order valence-corrected chi connectivity index (χ2v) is 9.87. The van der Waals surface area contributed by atoms with Gasteiger partial charge in [-0.15, -0.1) is 0 Å². The molecule has 2 atom stereocenters. The van der Waals surface area contributed by atoms with Crippen LogP contribution in [0.25, 0.3) is 0 Å². The lowest BCUT2D eigenvalue weighted by molar-refractivity contribution is -0.120. The molecule has 2 aromatic carbocycles. The molecule has 0 heterocycles. The number of halogens is 1. The van der Waals surface area contributed by atoms with E-state index in [0.717, 1.165) is 19.3 Å². The zero-order valence-electron chi connectivity index (χ0n) is 17.8. The van der Waals surface area contributed by atoms with Crippen LogP contribution in [-0.2, 0) is 20.5 Å². The molecule has 0 spiro atoms. The molecule has 1 aliphatic carbocycles. The van der Waals surface area contributed by atoms with Gasteiger partial charge in [-0.25, -0.2) is 12.8 Å². The summed E-state index contributed by atoms with van der Waals surface area (Å²) in [5.41, 5.74) is 5.38. The van der Waals surface area contributed by atoms with Gasteiger partial charge in [0, 0.05) is 23.5 Å². The molecule has 1 saturated carbocycles. The van der Waals surface area contributed by atoms with Gasteiger partial charge in [0.15, 0.2) is 0 Å². The number of alkyl halides is 1. The molecule has 0 aliphatic heterocycles. The van der Waals surface area contributed by atoms with Crippen LogP contribution in [0.5, 0.6) is 5.75 Å². The summed E-state index contributed by atoms with van der Waals surface area (Å²) in [7, 11) is -2.67. The predicted octanol–water partition coefficient (Wildman–Crippen LogP) is 3.77. The fourth-order valence-corrected chi connectivity index (χ4v) is 4.88. The van der Waals surface area contributed by atoms with Crippen molar-refractivity contribution in [3.63, 3.8) is 0 Å². The number of benzene rings is 2. The number of nitrogens with two attached hydrogens (primary N) is 1. The molecular weight excluding hydrogens is 421 g/mol. The van der Waals surface area contributed by atoms with Gasteiger partial charge in [-0.1, -0.05) is 18.6 Å². The van der Waals surface area contributed by atoms with Crippen molar-refractivity contribution < 1.29 is 22.3 Å². The Kier molecular flexibility index (Phi) is 6.56. The number of ether oxygens (including phenoxy) is 1. The van der Waals surface area contributed by atoms with Gasteiger partial charge in [-0.2, -0.15) is 0 Å². The average Bonchev–Trinajstić information content (AvgIpc) is 3.13. The van der Waals surface area contributed by atoms with Gasteiger partial charge in [0.25, 0.3) is 10.0 Å². The zero-order chi connectivity index (χ0) is 22.8. The van der Waals surface area contributed by atoms with E-state index < -0.39 is 15.7 Å². The van der Waals surface area contributed by atoms with E-state index in [0.29, 0.717) is 11.3 Å². The molecule has 31 heavy (non-hydrogen) atoms. The van der Waals surface area contributed by atoms with Crippen molar-refractivity contribution in [2.24, 2.45) is 11.7 Å². The summed E-state index contributed by atoms with van der Waals surface area (Å²) in [6.07, 6.45) is 2.45. The van der Waals surface area contributed by atoms with E-state index >= 15 is 0 Å². The summed E-state index contributed by atoms with van der Waals surface area (Å²) in [6, 6.07) is 10.3. The number of hydrogen-bond donors (Lipinski definition) is 3. The number of hydrogen-bond acceptors (Lipinski definition) is 5. The lowest BCUT2D eigenvalue weighted by Gasteiger charge is -2.18. The smallest absolute Gasteiger partial charge is 0.265 e. The molecule has 1 amide bonds. The Bertz CT molecular complexity index is 1070. The lowest BCUT2D eigenvalue weighted by atomic mass is 10.00. The first-order valence-electron chi connectivity index (χ1n) is 10.1. The molecule has 1 aliphatic rings. The summed E-state index contributed by atoms with van der Waals surface area (Å²) in [6.45, 7) is 2.80. The topological polar surface area (TPSA) is 111 Å². The molecule has 0 radical (unpaired) electrons. The lowest BCUT2D eigenvalue weighted by Crippen LogP contribution is -2.34. The quantitative estimate of drug-likeness (QED) is 0.596. The minimum atomic E-state index is -4.02. The molecule has 2 aromatic rings. The monoisotopic (exact) mass is 449 g/mol. The van der Waals surface area contributed by atoms with Crippen LogP contribution in [-0.4, -0.2) is 27.5 Å². The maximum Gasteiger partial charge on any atom is 0.265 e. The van der Waals surface area contributed by atoms with Crippen LogP contribution in [0.2, 0.25) is 0 Å². The van der Waals surface area contributed by atoms with E-state index in [1.807, 2.05) is 0 Å². The van der Waals surface area contributed by atoms with Crippen LogP contribution in [0, 0.1) is 5.92 Å². The number of anilines is 2. The molecular formula is C22H28FN3O4S. The van der Waals surface area contributed by atoms with E-state index in [9.17, 15) is 17.6 Å². The van der Waals surface area contributed by atoms with Crippen molar-refractivity contribution in [1.29, 1.82) is 0 Å². The number of nitrogens with one attached hydrogen (secondary N) is 2. The van der Waals surface area contributed by atoms with Crippen LogP contribution >= 0.6 is 0 Å². The normalized spacial score (nSPS) is 19.1. The highest BCUT2D eigenvalue weighted by Crippen LogP contribution is 2.32. The summed E-state index contributed by atoms with van der Waals surface area (Å²) in [5.74, 6) is -0.377. The Morgan fingerprint density at radius 3 is 2.52 bits per heavy atom. The number of methoxy groups -OCH3 is 1. The van der Waals surface area contributed by atoms with Crippen LogP contribution < -0.4 is 20.5 Å². The van der Waals surface area contributed by atoms with Crippen molar-refractivity contribution in [1.82, 2.24) is 0 Å². The Morgan fingerprint density at radius 2 is 1.90 bits per heavy atom. The SMILES string of the molecule is COc1cc(NC(=O)[C@@H]2CCC[C@@H]2N)ccc1S(=O)(=O)Nc1cccc(C(C)(C)F)c1. The number of rotatable bonds is 7. The van der Waals surface area contributed by atoms with Crippen molar-refractivity contribution in [2.45, 2.75) is 49.7 Å². The third kappa shape index (κ3) is 5.34. The minimum absolute atomic E-state index is 0.0722. The first kappa shape index (κ1) is 23.0. The summed E-state index contributed by atoms with van der Waals surface area (Å²) >= 11 is 0. The van der Waals surface area contributed by atoms with Gasteiger partial charge in [0.05, 0.1) is 13.0 Å². The van der Waals surface area contributed by atoms with Crippen LogP contribution in [0.1, 0.15) is 38.7 Å². The number of carbonyl (C=O) groups is 1. The Morgan fingerprint density at radius 1 is 1.16 bits per heavy atom. The highest BCUT2D eigenvalue weighted by atomic mass is 32.2. The minimum Gasteiger partial charge on any atom is -0.495 e. The van der Waals surface area contributed by atoms with E-state index in [1.165, 1.54) is 45.2 Å².